The van der Waals surface area contributed by atoms with Gasteiger partial charge in [0.15, 0.2) is 0 Å². The minimum Gasteiger partial charge on any atom is -0.349 e. The second-order valence-corrected chi connectivity index (χ2v) is 9.14. The van der Waals surface area contributed by atoms with Crippen LogP contribution in [0.25, 0.3) is 0 Å². The van der Waals surface area contributed by atoms with Crippen molar-refractivity contribution in [2.24, 2.45) is 0 Å². The van der Waals surface area contributed by atoms with Gasteiger partial charge < -0.3 is 10.6 Å². The molecule has 2 aromatic rings. The van der Waals surface area contributed by atoms with E-state index in [0.29, 0.717) is 11.4 Å². The van der Waals surface area contributed by atoms with E-state index in [-0.39, 0.29) is 24.4 Å². The van der Waals surface area contributed by atoms with Crippen molar-refractivity contribution in [3.05, 3.63) is 71.8 Å². The second-order valence-electron chi connectivity index (χ2n) is 7.28. The molecule has 0 radical (unpaired) electrons. The highest BCUT2D eigenvalue weighted by Crippen LogP contribution is 2.26. The summed E-state index contributed by atoms with van der Waals surface area (Å²) in [7, 11) is -3.75. The van der Waals surface area contributed by atoms with E-state index in [1.807, 2.05) is 19.9 Å². The lowest BCUT2D eigenvalue weighted by Crippen LogP contribution is -2.47. The molecule has 0 unspecified atom stereocenters. The number of benzene rings is 2. The van der Waals surface area contributed by atoms with Crippen molar-refractivity contribution in [2.75, 3.05) is 22.4 Å². The maximum Gasteiger partial charge on any atom is 0.253 e. The van der Waals surface area contributed by atoms with Gasteiger partial charge in [0.1, 0.15) is 6.04 Å². The molecular weight excluding hydrogens is 414 g/mol. The molecule has 0 fully saturated rings. The Balaban J connectivity index is 2.40. The van der Waals surface area contributed by atoms with Crippen LogP contribution in [0.5, 0.6) is 0 Å². The van der Waals surface area contributed by atoms with Crippen LogP contribution < -0.4 is 14.9 Å². The van der Waals surface area contributed by atoms with Crippen molar-refractivity contribution in [3.63, 3.8) is 0 Å². The van der Waals surface area contributed by atoms with Crippen LogP contribution in [0.15, 0.2) is 55.1 Å². The molecule has 0 heterocycles. The topological polar surface area (TPSA) is 95.6 Å². The first-order valence-electron chi connectivity index (χ1n) is 9.95. The van der Waals surface area contributed by atoms with E-state index < -0.39 is 22.0 Å². The molecule has 0 spiro atoms. The van der Waals surface area contributed by atoms with Crippen LogP contribution in [-0.2, 0) is 14.8 Å². The average Bonchev–Trinajstić information content (AvgIpc) is 2.71. The molecular formula is C23H29N3O4S. The Bertz CT molecular complexity index is 1080. The summed E-state index contributed by atoms with van der Waals surface area (Å²) in [6.45, 7) is 9.41. The molecule has 0 aliphatic heterocycles. The second kappa shape index (κ2) is 10.3. The van der Waals surface area contributed by atoms with Crippen LogP contribution in [0.1, 0.15) is 34.8 Å². The number of carbonyl (C=O) groups excluding carboxylic acids is 2. The molecule has 2 rings (SSSR count). The number of hydrogen-bond donors (Lipinski definition) is 2. The quantitative estimate of drug-likeness (QED) is 0.581. The summed E-state index contributed by atoms with van der Waals surface area (Å²) in [6.07, 6.45) is 2.88. The van der Waals surface area contributed by atoms with Crippen LogP contribution in [-0.4, -0.2) is 39.1 Å². The van der Waals surface area contributed by atoms with Crippen LogP contribution in [0.3, 0.4) is 0 Å². The van der Waals surface area contributed by atoms with E-state index in [2.05, 4.69) is 17.2 Å². The molecule has 31 heavy (non-hydrogen) atoms. The number of sulfonamides is 1. The largest absolute Gasteiger partial charge is 0.349 e. The number of carbonyl (C=O) groups is 2. The highest BCUT2D eigenvalue weighted by Gasteiger charge is 2.32. The van der Waals surface area contributed by atoms with Gasteiger partial charge in [-0.2, -0.15) is 0 Å². The third kappa shape index (κ3) is 5.95. The molecule has 166 valence electrons. The van der Waals surface area contributed by atoms with E-state index in [9.17, 15) is 18.0 Å². The lowest BCUT2D eigenvalue weighted by Gasteiger charge is -2.30. The smallest absolute Gasteiger partial charge is 0.253 e. The van der Waals surface area contributed by atoms with Gasteiger partial charge in [0, 0.05) is 6.54 Å². The fraction of sp³-hybridized carbons (Fsp3) is 0.304. The van der Waals surface area contributed by atoms with Gasteiger partial charge in [0.2, 0.25) is 15.9 Å². The van der Waals surface area contributed by atoms with Gasteiger partial charge >= 0.3 is 0 Å². The van der Waals surface area contributed by atoms with Crippen molar-refractivity contribution >= 4 is 33.2 Å². The number of rotatable bonds is 9. The summed E-state index contributed by atoms with van der Waals surface area (Å²) in [6, 6.07) is 10.9. The number of hydrogen-bond acceptors (Lipinski definition) is 4. The van der Waals surface area contributed by atoms with Crippen molar-refractivity contribution < 1.29 is 18.0 Å². The zero-order valence-electron chi connectivity index (χ0n) is 18.3. The van der Waals surface area contributed by atoms with Crippen LogP contribution in [0, 0.1) is 13.8 Å². The normalized spacial score (nSPS) is 12.0. The van der Waals surface area contributed by atoms with Crippen molar-refractivity contribution in [3.8, 4) is 0 Å². The maximum absolute atomic E-state index is 13.2. The van der Waals surface area contributed by atoms with E-state index >= 15 is 0 Å². The third-order valence-electron chi connectivity index (χ3n) is 4.91. The van der Waals surface area contributed by atoms with Crippen molar-refractivity contribution in [2.45, 2.75) is 33.2 Å². The van der Waals surface area contributed by atoms with Gasteiger partial charge in [0.25, 0.3) is 5.91 Å². The maximum atomic E-state index is 13.2. The van der Waals surface area contributed by atoms with E-state index in [1.165, 1.54) is 0 Å². The van der Waals surface area contributed by atoms with Gasteiger partial charge in [-0.25, -0.2) is 8.42 Å². The molecule has 0 saturated heterocycles. The van der Waals surface area contributed by atoms with Crippen molar-refractivity contribution in [1.29, 1.82) is 0 Å². The van der Waals surface area contributed by atoms with E-state index in [4.69, 9.17) is 0 Å². The summed E-state index contributed by atoms with van der Waals surface area (Å²) in [4.78, 5) is 25.6. The highest BCUT2D eigenvalue weighted by atomic mass is 32.2. The standard InChI is InChI=1S/C23H29N3O4S/c1-6-14-24-22(27)19-10-8-9-11-20(19)25-23(28)21(7-2)26(31(5,29)30)18-13-12-16(3)17(4)15-18/h6,8-13,15,21H,1,7,14H2,2-5H3,(H,24,27)(H,25,28)/t21-/m1/s1. The number of para-hydroxylation sites is 1. The Hall–Kier alpha value is -3.13. The first kappa shape index (κ1) is 24.1. The number of nitrogens with zero attached hydrogens (tertiary/aromatic N) is 1. The molecule has 2 N–H and O–H groups in total. The molecule has 2 amide bonds. The predicted molar refractivity (Wildman–Crippen MR) is 125 cm³/mol. The molecule has 2 aromatic carbocycles. The van der Waals surface area contributed by atoms with E-state index in [0.717, 1.165) is 21.7 Å². The fourth-order valence-corrected chi connectivity index (χ4v) is 4.39. The van der Waals surface area contributed by atoms with Gasteiger partial charge in [-0.3, -0.25) is 13.9 Å². The third-order valence-corrected chi connectivity index (χ3v) is 6.09. The number of anilines is 2. The molecule has 0 aliphatic rings. The number of amides is 2. The minimum absolute atomic E-state index is 0.247. The molecule has 8 heteroatoms. The lowest BCUT2D eigenvalue weighted by atomic mass is 10.1. The predicted octanol–water partition coefficient (Wildman–Crippen LogP) is 3.40. The Morgan fingerprint density at radius 2 is 1.81 bits per heavy atom. The van der Waals surface area contributed by atoms with Gasteiger partial charge in [0.05, 0.1) is 23.2 Å². The monoisotopic (exact) mass is 443 g/mol. The molecule has 0 saturated carbocycles. The molecule has 1 atom stereocenters. The zero-order valence-corrected chi connectivity index (χ0v) is 19.1. The van der Waals surface area contributed by atoms with Gasteiger partial charge in [-0.1, -0.05) is 31.2 Å². The van der Waals surface area contributed by atoms with Crippen LogP contribution >= 0.6 is 0 Å². The summed E-state index contributed by atoms with van der Waals surface area (Å²) in [5.74, 6) is -0.881. The molecule has 0 aliphatic carbocycles. The fourth-order valence-electron chi connectivity index (χ4n) is 3.19. The SMILES string of the molecule is C=CCNC(=O)c1ccccc1NC(=O)[C@@H](CC)N(c1ccc(C)c(C)c1)S(C)(=O)=O. The van der Waals surface area contributed by atoms with Gasteiger partial charge in [-0.05, 0) is 55.7 Å². The molecule has 7 nitrogen and oxygen atoms in total. The van der Waals surface area contributed by atoms with Crippen LogP contribution in [0.4, 0.5) is 11.4 Å². The van der Waals surface area contributed by atoms with Crippen LogP contribution in [0.2, 0.25) is 0 Å². The van der Waals surface area contributed by atoms with Gasteiger partial charge in [-0.15, -0.1) is 6.58 Å². The zero-order chi connectivity index (χ0) is 23.2. The Morgan fingerprint density at radius 1 is 1.13 bits per heavy atom. The number of nitrogens with one attached hydrogen (secondary N) is 2. The first-order chi connectivity index (χ1) is 14.6. The van der Waals surface area contributed by atoms with E-state index in [1.54, 1.807) is 49.4 Å². The lowest BCUT2D eigenvalue weighted by molar-refractivity contribution is -0.117. The first-order valence-corrected chi connectivity index (χ1v) is 11.8. The Labute approximate surface area is 184 Å². The summed E-state index contributed by atoms with van der Waals surface area (Å²) < 4.78 is 26.4. The molecule has 0 aromatic heterocycles. The number of aryl methyl sites for hydroxylation is 2. The molecule has 0 bridgehead atoms. The summed E-state index contributed by atoms with van der Waals surface area (Å²) >= 11 is 0. The minimum atomic E-state index is -3.75. The summed E-state index contributed by atoms with van der Waals surface area (Å²) in [5, 5.41) is 5.41. The van der Waals surface area contributed by atoms with Crippen molar-refractivity contribution in [1.82, 2.24) is 5.32 Å². The highest BCUT2D eigenvalue weighted by molar-refractivity contribution is 7.92. The Kier molecular flexibility index (Phi) is 7.99. The summed E-state index contributed by atoms with van der Waals surface area (Å²) in [5.41, 5.74) is 2.95. The average molecular weight is 444 g/mol. The Morgan fingerprint density at radius 3 is 2.39 bits per heavy atom.